The Balaban J connectivity index is 1.65. The maximum atomic E-state index is 15.7. The topological polar surface area (TPSA) is 89.9 Å². The number of hydrogen-bond acceptors (Lipinski definition) is 4. The number of hydrogen-bond donors (Lipinski definition) is 3. The Kier molecular flexibility index (Phi) is 7.56. The Morgan fingerprint density at radius 1 is 1.03 bits per heavy atom. The van der Waals surface area contributed by atoms with Crippen LogP contribution in [0.15, 0.2) is 63.5 Å². The highest BCUT2D eigenvalue weighted by Crippen LogP contribution is 2.37. The fourth-order valence-electron chi connectivity index (χ4n) is 3.56. The number of carbonyl (C=O) groups is 2. The molecular formula is C25H19Br2F3N2O4. The summed E-state index contributed by atoms with van der Waals surface area (Å²) in [7, 11) is 0. The van der Waals surface area contributed by atoms with Gasteiger partial charge in [0.2, 0.25) is 0 Å². The second-order valence-electron chi connectivity index (χ2n) is 8.36. The first-order valence-electron chi connectivity index (χ1n) is 10.8. The van der Waals surface area contributed by atoms with E-state index in [9.17, 15) is 28.6 Å². The van der Waals surface area contributed by atoms with Crippen molar-refractivity contribution in [1.82, 2.24) is 0 Å². The highest BCUT2D eigenvalue weighted by molar-refractivity contribution is 9.11. The van der Waals surface area contributed by atoms with Crippen LogP contribution >= 0.6 is 31.9 Å². The lowest BCUT2D eigenvalue weighted by Gasteiger charge is -2.24. The van der Waals surface area contributed by atoms with Crippen LogP contribution in [0.4, 0.5) is 24.5 Å². The largest absolute Gasteiger partial charge is 0.343 e. The number of aliphatic hydroxyl groups is 2. The molecule has 0 aliphatic heterocycles. The molecule has 188 valence electrons. The van der Waals surface area contributed by atoms with Crippen molar-refractivity contribution < 1.29 is 33.0 Å². The van der Waals surface area contributed by atoms with Gasteiger partial charge < -0.3 is 20.4 Å². The monoisotopic (exact) mass is 626 g/mol. The summed E-state index contributed by atoms with van der Waals surface area (Å²) in [6.45, 7) is 0.240. The quantitative estimate of drug-likeness (QED) is 0.286. The minimum Gasteiger partial charge on any atom is -0.336 e. The van der Waals surface area contributed by atoms with E-state index in [4.69, 9.17) is 0 Å². The zero-order chi connectivity index (χ0) is 26.2. The molecule has 0 spiro atoms. The van der Waals surface area contributed by atoms with Gasteiger partial charge in [0.15, 0.2) is 5.82 Å². The maximum Gasteiger partial charge on any atom is 0.343 e. The molecule has 1 fully saturated rings. The van der Waals surface area contributed by atoms with E-state index in [1.165, 1.54) is 35.2 Å². The second kappa shape index (κ2) is 10.3. The Morgan fingerprint density at radius 2 is 1.64 bits per heavy atom. The van der Waals surface area contributed by atoms with Crippen molar-refractivity contribution in [3.8, 4) is 0 Å². The van der Waals surface area contributed by atoms with Gasteiger partial charge in [-0.25, -0.2) is 8.78 Å². The van der Waals surface area contributed by atoms with Gasteiger partial charge >= 0.3 is 6.04 Å². The average molecular weight is 628 g/mol. The van der Waals surface area contributed by atoms with Crippen LogP contribution in [0.3, 0.4) is 0 Å². The van der Waals surface area contributed by atoms with Crippen LogP contribution in [-0.4, -0.2) is 28.6 Å². The van der Waals surface area contributed by atoms with Crippen LogP contribution in [0.25, 0.3) is 0 Å². The van der Waals surface area contributed by atoms with Gasteiger partial charge in [-0.15, -0.1) is 0 Å². The molecule has 0 heterocycles. The molecule has 3 aromatic rings. The summed E-state index contributed by atoms with van der Waals surface area (Å²) in [5.74, 6) is -2.63. The predicted octanol–water partition coefficient (Wildman–Crippen LogP) is 5.86. The van der Waals surface area contributed by atoms with Crippen LogP contribution < -0.4 is 10.2 Å². The number of carbonyl (C=O) groups excluding carboxylic acids is 2. The molecule has 4 rings (SSSR count). The lowest BCUT2D eigenvalue weighted by molar-refractivity contribution is -0.269. The maximum absolute atomic E-state index is 15.7. The molecule has 0 saturated heterocycles. The molecular weight excluding hydrogens is 609 g/mol. The Labute approximate surface area is 221 Å². The minimum absolute atomic E-state index is 0.0926. The molecule has 36 heavy (non-hydrogen) atoms. The normalized spacial score (nSPS) is 13.4. The SMILES string of the molecule is O=C(Nc1c(Br)cc(C(O)(O)F)cc1Br)c1cccc(N(CC2CC2)C(=O)c2ccc(F)cc2)c1F. The van der Waals surface area contributed by atoms with Gasteiger partial charge in [0.05, 0.1) is 16.9 Å². The molecule has 0 bridgehead atoms. The Hall–Kier alpha value is -2.73. The fraction of sp³-hybridized carbons (Fsp3) is 0.200. The van der Waals surface area contributed by atoms with E-state index in [2.05, 4.69) is 37.2 Å². The van der Waals surface area contributed by atoms with Crippen LogP contribution in [-0.2, 0) is 6.04 Å². The van der Waals surface area contributed by atoms with Gasteiger partial charge in [0, 0.05) is 26.6 Å². The van der Waals surface area contributed by atoms with E-state index in [0.717, 1.165) is 37.1 Å². The first-order chi connectivity index (χ1) is 17.0. The third-order valence-electron chi connectivity index (χ3n) is 5.64. The van der Waals surface area contributed by atoms with Crippen molar-refractivity contribution in [3.63, 3.8) is 0 Å². The zero-order valence-electron chi connectivity index (χ0n) is 18.4. The minimum atomic E-state index is -3.60. The Bertz CT molecular complexity index is 1300. The summed E-state index contributed by atoms with van der Waals surface area (Å²) in [6.07, 6.45) is 1.77. The molecule has 11 heteroatoms. The van der Waals surface area contributed by atoms with E-state index in [1.54, 1.807) is 0 Å². The van der Waals surface area contributed by atoms with Gasteiger partial charge in [0.1, 0.15) is 5.82 Å². The van der Waals surface area contributed by atoms with Crippen molar-refractivity contribution in [3.05, 3.63) is 91.9 Å². The van der Waals surface area contributed by atoms with Crippen molar-refractivity contribution >= 4 is 55.0 Å². The molecule has 0 aromatic heterocycles. The molecule has 0 radical (unpaired) electrons. The molecule has 3 N–H and O–H groups in total. The van der Waals surface area contributed by atoms with Gasteiger partial charge in [0.25, 0.3) is 11.8 Å². The number of amides is 2. The van der Waals surface area contributed by atoms with Crippen LogP contribution in [0.2, 0.25) is 0 Å². The van der Waals surface area contributed by atoms with Crippen molar-refractivity contribution in [2.45, 2.75) is 18.9 Å². The highest BCUT2D eigenvalue weighted by atomic mass is 79.9. The number of benzene rings is 3. The van der Waals surface area contributed by atoms with E-state index in [-0.39, 0.29) is 43.9 Å². The smallest absolute Gasteiger partial charge is 0.336 e. The number of rotatable bonds is 7. The van der Waals surface area contributed by atoms with Crippen LogP contribution in [0.1, 0.15) is 39.1 Å². The summed E-state index contributed by atoms with van der Waals surface area (Å²) in [5, 5.41) is 20.8. The lowest BCUT2D eigenvalue weighted by atomic mass is 10.1. The predicted molar refractivity (Wildman–Crippen MR) is 134 cm³/mol. The molecule has 0 atom stereocenters. The molecule has 2 amide bonds. The molecule has 1 aliphatic rings. The van der Waals surface area contributed by atoms with E-state index in [0.29, 0.717) is 0 Å². The average Bonchev–Trinajstić information content (AvgIpc) is 3.64. The van der Waals surface area contributed by atoms with E-state index >= 15 is 4.39 Å². The number of anilines is 2. The zero-order valence-corrected chi connectivity index (χ0v) is 21.6. The fourth-order valence-corrected chi connectivity index (χ4v) is 4.94. The summed E-state index contributed by atoms with van der Waals surface area (Å²) >= 11 is 6.25. The third-order valence-corrected chi connectivity index (χ3v) is 6.89. The van der Waals surface area contributed by atoms with E-state index in [1.807, 2.05) is 0 Å². The van der Waals surface area contributed by atoms with Gasteiger partial charge in [-0.2, -0.15) is 4.39 Å². The molecule has 6 nitrogen and oxygen atoms in total. The van der Waals surface area contributed by atoms with Gasteiger partial charge in [-0.1, -0.05) is 6.07 Å². The molecule has 3 aromatic carbocycles. The Morgan fingerprint density at radius 3 is 2.19 bits per heavy atom. The van der Waals surface area contributed by atoms with Crippen molar-refractivity contribution in [2.24, 2.45) is 5.92 Å². The van der Waals surface area contributed by atoms with Crippen LogP contribution in [0, 0.1) is 17.6 Å². The molecule has 0 unspecified atom stereocenters. The summed E-state index contributed by atoms with van der Waals surface area (Å²) in [6, 6.07) is 7.48. The number of nitrogens with one attached hydrogen (secondary N) is 1. The number of halogens is 5. The second-order valence-corrected chi connectivity index (χ2v) is 10.1. The van der Waals surface area contributed by atoms with Crippen LogP contribution in [0.5, 0.6) is 0 Å². The van der Waals surface area contributed by atoms with Gasteiger partial charge in [-0.05, 0) is 99.2 Å². The standard InChI is InChI=1S/C25H19Br2F3N2O4/c26-18-10-15(25(30,35)36)11-19(27)22(18)31-23(33)17-2-1-3-20(21(17)29)32(12-13-4-5-13)24(34)14-6-8-16(28)9-7-14/h1-3,6-11,13,35-36H,4-5,12H2,(H,31,33). The molecule has 1 saturated carbocycles. The van der Waals surface area contributed by atoms with E-state index < -0.39 is 35.1 Å². The van der Waals surface area contributed by atoms with Crippen molar-refractivity contribution in [1.29, 1.82) is 0 Å². The van der Waals surface area contributed by atoms with Gasteiger partial charge in [-0.3, -0.25) is 9.59 Å². The molecule has 1 aliphatic carbocycles. The first-order valence-corrected chi connectivity index (χ1v) is 12.3. The highest BCUT2D eigenvalue weighted by Gasteiger charge is 2.31. The number of alkyl halides is 1. The summed E-state index contributed by atoms with van der Waals surface area (Å²) in [5.41, 5.74) is -0.680. The third kappa shape index (κ3) is 5.80. The van der Waals surface area contributed by atoms with Crippen molar-refractivity contribution in [2.75, 3.05) is 16.8 Å². The summed E-state index contributed by atoms with van der Waals surface area (Å²) < 4.78 is 42.7. The first kappa shape index (κ1) is 26.3. The number of nitrogens with zero attached hydrogens (tertiary/aromatic N) is 1. The summed E-state index contributed by atoms with van der Waals surface area (Å²) in [4.78, 5) is 27.4. The lowest BCUT2D eigenvalue weighted by Crippen LogP contribution is -2.34.